The van der Waals surface area contributed by atoms with Gasteiger partial charge in [-0.3, -0.25) is 4.79 Å². The number of rotatable bonds is 3. The predicted molar refractivity (Wildman–Crippen MR) is 66.6 cm³/mol. The molecule has 1 heterocycles. The first-order chi connectivity index (χ1) is 7.82. The Kier molecular flexibility index (Phi) is 4.37. The van der Waals surface area contributed by atoms with Crippen molar-refractivity contribution in [3.05, 3.63) is 0 Å². The number of nitrogens with one attached hydrogen (secondary N) is 1. The van der Waals surface area contributed by atoms with Gasteiger partial charge < -0.3 is 15.1 Å². The maximum absolute atomic E-state index is 11.9. The molecule has 0 radical (unpaired) electrons. The summed E-state index contributed by atoms with van der Waals surface area (Å²) in [6.45, 7) is 8.93. The number of hydrogen-bond donors (Lipinski definition) is 1. The fourth-order valence-corrected chi connectivity index (χ4v) is 1.54. The molecule has 1 fully saturated rings. The molecule has 5 nitrogen and oxygen atoms in total. The number of urea groups is 1. The predicted octanol–water partition coefficient (Wildman–Crippen LogP) is 0.903. The van der Waals surface area contributed by atoms with Gasteiger partial charge in [0, 0.05) is 32.1 Å². The summed E-state index contributed by atoms with van der Waals surface area (Å²) in [7, 11) is 1.80. The molecule has 17 heavy (non-hydrogen) atoms. The average Bonchev–Trinajstić information content (AvgIpc) is 2.19. The third-order valence-electron chi connectivity index (χ3n) is 3.10. The van der Waals surface area contributed by atoms with E-state index >= 15 is 0 Å². The summed E-state index contributed by atoms with van der Waals surface area (Å²) < 4.78 is 0. The van der Waals surface area contributed by atoms with Crippen molar-refractivity contribution in [2.24, 2.45) is 5.92 Å². The maximum Gasteiger partial charge on any atom is 0.320 e. The third kappa shape index (κ3) is 3.35. The summed E-state index contributed by atoms with van der Waals surface area (Å²) in [5.41, 5.74) is 0. The van der Waals surface area contributed by atoms with Gasteiger partial charge in [0.2, 0.25) is 5.91 Å². The minimum atomic E-state index is -0.00177. The smallest absolute Gasteiger partial charge is 0.320 e. The van der Waals surface area contributed by atoms with Crippen molar-refractivity contribution in [1.82, 2.24) is 15.1 Å². The SMILES string of the molecule is CC(C)C(=O)NC1CN(C(=O)N(C)C(C)C)C1. The van der Waals surface area contributed by atoms with Crippen molar-refractivity contribution in [2.75, 3.05) is 20.1 Å². The van der Waals surface area contributed by atoms with E-state index in [-0.39, 0.29) is 29.9 Å². The van der Waals surface area contributed by atoms with Gasteiger partial charge in [-0.25, -0.2) is 4.79 Å². The van der Waals surface area contributed by atoms with Crippen molar-refractivity contribution >= 4 is 11.9 Å². The van der Waals surface area contributed by atoms with Crippen molar-refractivity contribution in [3.8, 4) is 0 Å². The Balaban J connectivity index is 2.32. The summed E-state index contributed by atoms with van der Waals surface area (Å²) in [5.74, 6) is 0.0532. The van der Waals surface area contributed by atoms with Crippen LogP contribution in [0.5, 0.6) is 0 Å². The second-order valence-corrected chi connectivity index (χ2v) is 5.25. The molecule has 1 rings (SSSR count). The first kappa shape index (κ1) is 13.8. The van der Waals surface area contributed by atoms with Crippen LogP contribution in [0.15, 0.2) is 0 Å². The summed E-state index contributed by atoms with van der Waals surface area (Å²) in [4.78, 5) is 26.8. The van der Waals surface area contributed by atoms with E-state index in [0.29, 0.717) is 13.1 Å². The minimum Gasteiger partial charge on any atom is -0.350 e. The minimum absolute atomic E-state index is 0.00177. The zero-order chi connectivity index (χ0) is 13.2. The molecule has 1 N–H and O–H groups in total. The van der Waals surface area contributed by atoms with Crippen molar-refractivity contribution in [1.29, 1.82) is 0 Å². The van der Waals surface area contributed by atoms with Gasteiger partial charge >= 0.3 is 6.03 Å². The number of hydrogen-bond acceptors (Lipinski definition) is 2. The molecule has 3 amide bonds. The lowest BCUT2D eigenvalue weighted by Gasteiger charge is -2.42. The Morgan fingerprint density at radius 2 is 1.76 bits per heavy atom. The highest BCUT2D eigenvalue weighted by atomic mass is 16.2. The quantitative estimate of drug-likeness (QED) is 0.798. The van der Waals surface area contributed by atoms with Gasteiger partial charge in [0.1, 0.15) is 0 Å². The van der Waals surface area contributed by atoms with E-state index in [0.717, 1.165) is 0 Å². The largest absolute Gasteiger partial charge is 0.350 e. The zero-order valence-electron chi connectivity index (χ0n) is 11.4. The van der Waals surface area contributed by atoms with E-state index in [9.17, 15) is 9.59 Å². The van der Waals surface area contributed by atoms with Gasteiger partial charge in [0.05, 0.1) is 6.04 Å². The molecule has 5 heteroatoms. The highest BCUT2D eigenvalue weighted by Crippen LogP contribution is 2.12. The van der Waals surface area contributed by atoms with E-state index < -0.39 is 0 Å². The highest BCUT2D eigenvalue weighted by Gasteiger charge is 2.33. The van der Waals surface area contributed by atoms with Gasteiger partial charge in [-0.2, -0.15) is 0 Å². The van der Waals surface area contributed by atoms with Crippen LogP contribution in [0.1, 0.15) is 27.7 Å². The van der Waals surface area contributed by atoms with Crippen LogP contribution in [0.3, 0.4) is 0 Å². The number of amides is 3. The molecule has 0 saturated carbocycles. The molecule has 1 aliphatic rings. The van der Waals surface area contributed by atoms with Crippen molar-refractivity contribution in [2.45, 2.75) is 39.8 Å². The number of carbonyl (C=O) groups is 2. The van der Waals surface area contributed by atoms with Crippen LogP contribution in [0.2, 0.25) is 0 Å². The highest BCUT2D eigenvalue weighted by molar-refractivity contribution is 5.79. The van der Waals surface area contributed by atoms with E-state index in [4.69, 9.17) is 0 Å². The normalized spacial score (nSPS) is 16.1. The summed E-state index contributed by atoms with van der Waals surface area (Å²) in [5, 5.41) is 2.92. The fourth-order valence-electron chi connectivity index (χ4n) is 1.54. The van der Waals surface area contributed by atoms with Gasteiger partial charge in [0.15, 0.2) is 0 Å². The number of carbonyl (C=O) groups excluding carboxylic acids is 2. The summed E-state index contributed by atoms with van der Waals surface area (Å²) in [6, 6.07) is 0.358. The molecule has 1 aliphatic heterocycles. The lowest BCUT2D eigenvalue weighted by atomic mass is 10.1. The van der Waals surface area contributed by atoms with E-state index in [1.165, 1.54) is 0 Å². The summed E-state index contributed by atoms with van der Waals surface area (Å²) >= 11 is 0. The number of likely N-dealkylation sites (tertiary alicyclic amines) is 1. The lowest BCUT2D eigenvalue weighted by molar-refractivity contribution is -0.125. The first-order valence-electron chi connectivity index (χ1n) is 6.15. The molecular formula is C12H23N3O2. The Morgan fingerprint density at radius 1 is 1.24 bits per heavy atom. The van der Waals surface area contributed by atoms with Crippen LogP contribution in [0, 0.1) is 5.92 Å². The summed E-state index contributed by atoms with van der Waals surface area (Å²) in [6.07, 6.45) is 0. The van der Waals surface area contributed by atoms with E-state index in [1.54, 1.807) is 16.8 Å². The van der Waals surface area contributed by atoms with Gasteiger partial charge in [0.25, 0.3) is 0 Å². The van der Waals surface area contributed by atoms with Crippen molar-refractivity contribution < 1.29 is 9.59 Å². The first-order valence-corrected chi connectivity index (χ1v) is 6.15. The molecule has 0 aromatic carbocycles. The molecule has 0 atom stereocenters. The maximum atomic E-state index is 11.9. The Hall–Kier alpha value is -1.26. The molecular weight excluding hydrogens is 218 g/mol. The van der Waals surface area contributed by atoms with Gasteiger partial charge in [-0.15, -0.1) is 0 Å². The standard InChI is InChI=1S/C12H23N3O2/c1-8(2)11(16)13-10-6-15(7-10)12(17)14(5)9(3)4/h8-10H,6-7H2,1-5H3,(H,13,16). The monoisotopic (exact) mass is 241 g/mol. The lowest BCUT2D eigenvalue weighted by Crippen LogP contribution is -2.63. The van der Waals surface area contributed by atoms with Gasteiger partial charge in [-0.05, 0) is 13.8 Å². The molecule has 0 aromatic heterocycles. The fraction of sp³-hybridized carbons (Fsp3) is 0.833. The molecule has 98 valence electrons. The third-order valence-corrected chi connectivity index (χ3v) is 3.10. The van der Waals surface area contributed by atoms with Crippen molar-refractivity contribution in [3.63, 3.8) is 0 Å². The Morgan fingerprint density at radius 3 is 2.18 bits per heavy atom. The van der Waals surface area contributed by atoms with E-state index in [2.05, 4.69) is 5.32 Å². The molecule has 0 unspecified atom stereocenters. The van der Waals surface area contributed by atoms with Crippen LogP contribution in [-0.2, 0) is 4.79 Å². The second-order valence-electron chi connectivity index (χ2n) is 5.25. The molecule has 1 saturated heterocycles. The average molecular weight is 241 g/mol. The van der Waals surface area contributed by atoms with E-state index in [1.807, 2.05) is 27.7 Å². The second kappa shape index (κ2) is 5.38. The molecule has 0 aliphatic carbocycles. The van der Waals surface area contributed by atoms with Crippen LogP contribution in [0.25, 0.3) is 0 Å². The van der Waals surface area contributed by atoms with Crippen LogP contribution in [-0.4, -0.2) is 54.0 Å². The van der Waals surface area contributed by atoms with Crippen LogP contribution in [0.4, 0.5) is 4.79 Å². The zero-order valence-corrected chi connectivity index (χ0v) is 11.4. The Bertz CT molecular complexity index is 296. The van der Waals surface area contributed by atoms with Crippen LogP contribution < -0.4 is 5.32 Å². The van der Waals surface area contributed by atoms with Crippen LogP contribution >= 0.6 is 0 Å². The van der Waals surface area contributed by atoms with Gasteiger partial charge in [-0.1, -0.05) is 13.8 Å². The molecule has 0 aromatic rings. The Labute approximate surface area is 103 Å². The molecule has 0 spiro atoms. The topological polar surface area (TPSA) is 52.7 Å². The number of nitrogens with zero attached hydrogens (tertiary/aromatic N) is 2. The molecule has 0 bridgehead atoms.